The molecule has 2 aromatic rings. The van der Waals surface area contributed by atoms with Gasteiger partial charge < -0.3 is 9.84 Å². The van der Waals surface area contributed by atoms with Gasteiger partial charge in [0.25, 0.3) is 0 Å². The van der Waals surface area contributed by atoms with Crippen LogP contribution in [-0.4, -0.2) is 5.11 Å². The standard InChI is InChI=1S/C13H8Br2O2/c14-7-1-3-11-9(5-7)13(16)10-6-8(15)2-4-12(10)17-11/h1-6,13,16H. The molecule has 0 amide bonds. The number of aliphatic hydroxyl groups is 1. The largest absolute Gasteiger partial charge is 0.457 e. The molecule has 3 rings (SSSR count). The second kappa shape index (κ2) is 4.12. The predicted molar refractivity (Wildman–Crippen MR) is 72.4 cm³/mol. The number of ether oxygens (including phenoxy) is 1. The van der Waals surface area contributed by atoms with Crippen molar-refractivity contribution in [2.75, 3.05) is 0 Å². The van der Waals surface area contributed by atoms with Crippen molar-refractivity contribution in [1.82, 2.24) is 0 Å². The highest BCUT2D eigenvalue weighted by atomic mass is 79.9. The molecule has 2 aromatic carbocycles. The molecule has 86 valence electrons. The van der Waals surface area contributed by atoms with Crippen LogP contribution in [0.5, 0.6) is 11.5 Å². The van der Waals surface area contributed by atoms with Gasteiger partial charge in [-0.2, -0.15) is 0 Å². The minimum Gasteiger partial charge on any atom is -0.457 e. The molecule has 4 heteroatoms. The lowest BCUT2D eigenvalue weighted by molar-refractivity contribution is 0.203. The van der Waals surface area contributed by atoms with Crippen molar-refractivity contribution in [2.24, 2.45) is 0 Å². The van der Waals surface area contributed by atoms with Crippen LogP contribution in [0.4, 0.5) is 0 Å². The quantitative estimate of drug-likeness (QED) is 0.759. The summed E-state index contributed by atoms with van der Waals surface area (Å²) in [5.41, 5.74) is 1.56. The Hall–Kier alpha value is -0.840. The van der Waals surface area contributed by atoms with Gasteiger partial charge >= 0.3 is 0 Å². The Morgan fingerprint density at radius 1 is 0.882 bits per heavy atom. The number of halogens is 2. The summed E-state index contributed by atoms with van der Waals surface area (Å²) in [6.45, 7) is 0. The van der Waals surface area contributed by atoms with E-state index in [0.717, 1.165) is 20.1 Å². The maximum Gasteiger partial charge on any atom is 0.133 e. The van der Waals surface area contributed by atoms with Crippen LogP contribution in [0.2, 0.25) is 0 Å². The molecule has 0 aliphatic carbocycles. The van der Waals surface area contributed by atoms with Crippen molar-refractivity contribution in [1.29, 1.82) is 0 Å². The normalized spacial score (nSPS) is 13.8. The number of benzene rings is 2. The van der Waals surface area contributed by atoms with E-state index in [0.29, 0.717) is 11.5 Å². The molecular weight excluding hydrogens is 348 g/mol. The first-order valence-electron chi connectivity index (χ1n) is 5.10. The van der Waals surface area contributed by atoms with Gasteiger partial charge in [0, 0.05) is 20.1 Å². The van der Waals surface area contributed by atoms with E-state index in [1.807, 2.05) is 36.4 Å². The molecule has 1 aliphatic rings. The third-order valence-electron chi connectivity index (χ3n) is 2.75. The van der Waals surface area contributed by atoms with E-state index in [1.165, 1.54) is 0 Å². The summed E-state index contributed by atoms with van der Waals surface area (Å²) < 4.78 is 7.61. The third kappa shape index (κ3) is 1.90. The van der Waals surface area contributed by atoms with Gasteiger partial charge in [-0.3, -0.25) is 0 Å². The smallest absolute Gasteiger partial charge is 0.133 e. The van der Waals surface area contributed by atoms with E-state index in [2.05, 4.69) is 31.9 Å². The summed E-state index contributed by atoms with van der Waals surface area (Å²) >= 11 is 6.79. The SMILES string of the molecule is OC1c2cc(Br)ccc2Oc2ccc(Br)cc21. The van der Waals surface area contributed by atoms with Crippen molar-refractivity contribution >= 4 is 31.9 Å². The van der Waals surface area contributed by atoms with Crippen molar-refractivity contribution in [3.05, 3.63) is 56.5 Å². The van der Waals surface area contributed by atoms with Crippen LogP contribution in [0.3, 0.4) is 0 Å². The van der Waals surface area contributed by atoms with Crippen molar-refractivity contribution in [3.8, 4) is 11.5 Å². The van der Waals surface area contributed by atoms with Crippen LogP contribution in [0.1, 0.15) is 17.2 Å². The van der Waals surface area contributed by atoms with Gasteiger partial charge in [0.2, 0.25) is 0 Å². The van der Waals surface area contributed by atoms with Gasteiger partial charge in [-0.15, -0.1) is 0 Å². The summed E-state index contributed by atoms with van der Waals surface area (Å²) in [7, 11) is 0. The Labute approximate surface area is 115 Å². The van der Waals surface area contributed by atoms with Gasteiger partial charge in [0.1, 0.15) is 17.6 Å². The van der Waals surface area contributed by atoms with Crippen molar-refractivity contribution in [2.45, 2.75) is 6.10 Å². The number of fused-ring (bicyclic) bond motifs is 2. The minimum atomic E-state index is -0.649. The lowest BCUT2D eigenvalue weighted by atomic mass is 9.97. The first-order chi connectivity index (χ1) is 8.15. The number of hydrogen-bond acceptors (Lipinski definition) is 2. The average molecular weight is 356 g/mol. The minimum absolute atomic E-state index is 0.649. The lowest BCUT2D eigenvalue weighted by Crippen LogP contribution is -2.09. The fourth-order valence-electron chi connectivity index (χ4n) is 1.94. The Morgan fingerprint density at radius 2 is 1.35 bits per heavy atom. The van der Waals surface area contributed by atoms with Crippen LogP contribution >= 0.6 is 31.9 Å². The Balaban J connectivity index is 2.18. The number of aliphatic hydroxyl groups excluding tert-OH is 1. The highest BCUT2D eigenvalue weighted by molar-refractivity contribution is 9.10. The van der Waals surface area contributed by atoms with Gasteiger partial charge in [0.05, 0.1) is 0 Å². The molecule has 0 saturated carbocycles. The highest BCUT2D eigenvalue weighted by Gasteiger charge is 2.25. The van der Waals surface area contributed by atoms with Crippen LogP contribution in [0.15, 0.2) is 45.3 Å². The first-order valence-corrected chi connectivity index (χ1v) is 6.68. The Morgan fingerprint density at radius 3 is 1.82 bits per heavy atom. The van der Waals surface area contributed by atoms with Gasteiger partial charge in [-0.05, 0) is 36.4 Å². The molecule has 2 nitrogen and oxygen atoms in total. The van der Waals surface area contributed by atoms with Crippen molar-refractivity contribution < 1.29 is 9.84 Å². The van der Waals surface area contributed by atoms with Gasteiger partial charge in [-0.1, -0.05) is 31.9 Å². The zero-order valence-electron chi connectivity index (χ0n) is 8.65. The molecule has 0 spiro atoms. The van der Waals surface area contributed by atoms with Crippen molar-refractivity contribution in [3.63, 3.8) is 0 Å². The molecule has 0 radical (unpaired) electrons. The van der Waals surface area contributed by atoms with Gasteiger partial charge in [-0.25, -0.2) is 0 Å². The monoisotopic (exact) mass is 354 g/mol. The summed E-state index contributed by atoms with van der Waals surface area (Å²) in [6.07, 6.45) is -0.649. The van der Waals surface area contributed by atoms with Crippen LogP contribution in [-0.2, 0) is 0 Å². The molecular formula is C13H8Br2O2. The highest BCUT2D eigenvalue weighted by Crippen LogP contribution is 2.44. The predicted octanol–water partition coefficient (Wildman–Crippen LogP) is 4.40. The molecule has 0 fully saturated rings. The molecule has 0 unspecified atom stereocenters. The topological polar surface area (TPSA) is 29.5 Å². The van der Waals surface area contributed by atoms with Crippen LogP contribution < -0.4 is 4.74 Å². The first kappa shape index (κ1) is 11.3. The summed E-state index contributed by atoms with van der Waals surface area (Å²) in [6, 6.07) is 11.3. The molecule has 1 heterocycles. The maximum atomic E-state index is 10.3. The lowest BCUT2D eigenvalue weighted by Gasteiger charge is -2.25. The molecule has 0 atom stereocenters. The van der Waals surface area contributed by atoms with E-state index < -0.39 is 6.10 Å². The zero-order valence-corrected chi connectivity index (χ0v) is 11.8. The Bertz CT molecular complexity index is 544. The number of rotatable bonds is 0. The van der Waals surface area contributed by atoms with E-state index in [1.54, 1.807) is 0 Å². The summed E-state index contributed by atoms with van der Waals surface area (Å²) in [4.78, 5) is 0. The Kier molecular flexibility index (Phi) is 2.73. The molecule has 17 heavy (non-hydrogen) atoms. The molecule has 1 N–H and O–H groups in total. The third-order valence-corrected chi connectivity index (χ3v) is 3.74. The van der Waals surface area contributed by atoms with E-state index >= 15 is 0 Å². The fourth-order valence-corrected chi connectivity index (χ4v) is 2.70. The maximum absolute atomic E-state index is 10.3. The second-order valence-electron chi connectivity index (χ2n) is 3.87. The molecule has 0 bridgehead atoms. The number of hydrogen-bond donors (Lipinski definition) is 1. The molecule has 0 saturated heterocycles. The summed E-state index contributed by atoms with van der Waals surface area (Å²) in [5.74, 6) is 1.41. The second-order valence-corrected chi connectivity index (χ2v) is 5.70. The van der Waals surface area contributed by atoms with Crippen LogP contribution in [0, 0.1) is 0 Å². The average Bonchev–Trinajstić information content (AvgIpc) is 2.32. The van der Waals surface area contributed by atoms with E-state index in [9.17, 15) is 5.11 Å². The van der Waals surface area contributed by atoms with Crippen LogP contribution in [0.25, 0.3) is 0 Å². The summed E-state index contributed by atoms with van der Waals surface area (Å²) in [5, 5.41) is 10.3. The van der Waals surface area contributed by atoms with E-state index in [-0.39, 0.29) is 0 Å². The van der Waals surface area contributed by atoms with Gasteiger partial charge in [0.15, 0.2) is 0 Å². The molecule has 1 aliphatic heterocycles. The van der Waals surface area contributed by atoms with E-state index in [4.69, 9.17) is 4.74 Å². The fraction of sp³-hybridized carbons (Fsp3) is 0.0769. The molecule has 0 aromatic heterocycles. The zero-order chi connectivity index (χ0) is 12.0.